The SMILES string of the molecule is Cc1ccc(S(=O)(=O)N=[Te](c2ccc(N(C)C)cc2)c2ccc(N(C)C)cc2)cc1. The predicted molar refractivity (Wildman–Crippen MR) is 127 cm³/mol. The molecule has 0 saturated carbocycles. The first-order chi connectivity index (χ1) is 14.2. The molecular weight excluding hydrogens is 510 g/mol. The Morgan fingerprint density at radius 3 is 1.43 bits per heavy atom. The van der Waals surface area contributed by atoms with E-state index >= 15 is 0 Å². The van der Waals surface area contributed by atoms with E-state index in [1.807, 2.05) is 93.4 Å². The Kier molecular flexibility index (Phi) is 6.97. The van der Waals surface area contributed by atoms with E-state index in [-0.39, 0.29) is 4.90 Å². The number of benzene rings is 3. The summed E-state index contributed by atoms with van der Waals surface area (Å²) in [7, 11) is 4.19. The van der Waals surface area contributed by atoms with Crippen LogP contribution < -0.4 is 17.0 Å². The summed E-state index contributed by atoms with van der Waals surface area (Å²) in [4.78, 5) is 4.29. The van der Waals surface area contributed by atoms with Crippen LogP contribution in [0.4, 0.5) is 11.4 Å². The van der Waals surface area contributed by atoms with Gasteiger partial charge in [-0.15, -0.1) is 0 Å². The van der Waals surface area contributed by atoms with Crippen LogP contribution in [0.25, 0.3) is 0 Å². The zero-order valence-corrected chi connectivity index (χ0v) is 21.0. The molecule has 0 atom stereocenters. The van der Waals surface area contributed by atoms with Gasteiger partial charge in [0.1, 0.15) is 0 Å². The third kappa shape index (κ3) is 5.28. The fraction of sp³-hybridized carbons (Fsp3) is 0.217. The molecule has 3 rings (SSSR count). The molecule has 3 aromatic carbocycles. The summed E-state index contributed by atoms with van der Waals surface area (Å²) in [5.74, 6) is 0. The molecule has 0 unspecified atom stereocenters. The van der Waals surface area contributed by atoms with Crippen molar-refractivity contribution in [2.45, 2.75) is 11.8 Å². The second-order valence-electron chi connectivity index (χ2n) is 7.42. The molecule has 3 aromatic rings. The Balaban J connectivity index is 2.13. The molecule has 158 valence electrons. The van der Waals surface area contributed by atoms with Gasteiger partial charge in [-0.2, -0.15) is 0 Å². The molecular formula is C23H27N3O2STe. The first kappa shape index (κ1) is 22.5. The van der Waals surface area contributed by atoms with Gasteiger partial charge >= 0.3 is 187 Å². The summed E-state index contributed by atoms with van der Waals surface area (Å²) in [5, 5.41) is 0. The number of aryl methyl sites for hydroxylation is 1. The van der Waals surface area contributed by atoms with Crippen molar-refractivity contribution in [2.75, 3.05) is 38.0 Å². The van der Waals surface area contributed by atoms with E-state index in [1.165, 1.54) is 0 Å². The fourth-order valence-electron chi connectivity index (χ4n) is 2.82. The third-order valence-electron chi connectivity index (χ3n) is 4.64. The van der Waals surface area contributed by atoms with Gasteiger partial charge in [-0.05, 0) is 0 Å². The van der Waals surface area contributed by atoms with Crippen molar-refractivity contribution in [3.63, 3.8) is 0 Å². The van der Waals surface area contributed by atoms with Gasteiger partial charge < -0.3 is 0 Å². The minimum atomic E-state index is -3.75. The van der Waals surface area contributed by atoms with Gasteiger partial charge in [0, 0.05) is 0 Å². The zero-order valence-electron chi connectivity index (χ0n) is 17.9. The molecule has 7 heteroatoms. The third-order valence-corrected chi connectivity index (χ3v) is 12.9. The summed E-state index contributed by atoms with van der Waals surface area (Å²) < 4.78 is 32.7. The molecule has 5 nitrogen and oxygen atoms in total. The maximum atomic E-state index is 13.1. The molecule has 0 aliphatic heterocycles. The monoisotopic (exact) mass is 539 g/mol. The average Bonchev–Trinajstić information content (AvgIpc) is 2.72. The van der Waals surface area contributed by atoms with Crippen molar-refractivity contribution in [3.05, 3.63) is 78.4 Å². The van der Waals surface area contributed by atoms with Crippen molar-refractivity contribution in [2.24, 2.45) is 2.59 Å². The Bertz CT molecular complexity index is 1080. The Morgan fingerprint density at radius 2 is 1.07 bits per heavy atom. The van der Waals surface area contributed by atoms with Crippen molar-refractivity contribution in [1.82, 2.24) is 0 Å². The van der Waals surface area contributed by atoms with Crippen LogP contribution in [0.3, 0.4) is 0 Å². The number of rotatable bonds is 6. The molecule has 0 aromatic heterocycles. The summed E-state index contributed by atoms with van der Waals surface area (Å²) in [6.07, 6.45) is 0. The van der Waals surface area contributed by atoms with Crippen molar-refractivity contribution < 1.29 is 8.42 Å². The van der Waals surface area contributed by atoms with Crippen LogP contribution in [0.5, 0.6) is 0 Å². The van der Waals surface area contributed by atoms with Gasteiger partial charge in [0.2, 0.25) is 0 Å². The van der Waals surface area contributed by atoms with Crippen LogP contribution in [-0.2, 0) is 10.0 Å². The Labute approximate surface area is 186 Å². The van der Waals surface area contributed by atoms with Crippen LogP contribution in [0.1, 0.15) is 5.56 Å². The van der Waals surface area contributed by atoms with Crippen LogP contribution in [0, 0.1) is 6.92 Å². The van der Waals surface area contributed by atoms with Gasteiger partial charge in [0.15, 0.2) is 0 Å². The van der Waals surface area contributed by atoms with E-state index in [4.69, 9.17) is 0 Å². The number of hydrogen-bond donors (Lipinski definition) is 0. The van der Waals surface area contributed by atoms with Gasteiger partial charge in [0.25, 0.3) is 0 Å². The molecule has 0 N–H and O–H groups in total. The van der Waals surface area contributed by atoms with Gasteiger partial charge in [-0.3, -0.25) is 0 Å². The Morgan fingerprint density at radius 1 is 0.667 bits per heavy atom. The molecule has 0 amide bonds. The van der Waals surface area contributed by atoms with Gasteiger partial charge in [0.05, 0.1) is 0 Å². The zero-order chi connectivity index (χ0) is 21.9. The van der Waals surface area contributed by atoms with E-state index in [1.54, 1.807) is 24.3 Å². The molecule has 0 fully saturated rings. The average molecular weight is 537 g/mol. The van der Waals surface area contributed by atoms with Crippen LogP contribution >= 0.6 is 0 Å². The van der Waals surface area contributed by atoms with E-state index in [0.29, 0.717) is 0 Å². The second-order valence-corrected chi connectivity index (χ2v) is 14.6. The molecule has 30 heavy (non-hydrogen) atoms. The summed E-state index contributed by atoms with van der Waals surface area (Å²) in [5.41, 5.74) is 3.16. The molecule has 0 radical (unpaired) electrons. The molecule has 0 saturated heterocycles. The minimum absolute atomic E-state index is 0.244. The summed E-state index contributed by atoms with van der Waals surface area (Å²) >= 11 is -2.75. The van der Waals surface area contributed by atoms with E-state index in [0.717, 1.165) is 24.2 Å². The van der Waals surface area contributed by atoms with Gasteiger partial charge in [-0.25, -0.2) is 0 Å². The molecule has 0 aliphatic rings. The first-order valence-corrected chi connectivity index (χ1v) is 14.3. The fourth-order valence-corrected chi connectivity index (χ4v) is 10.7. The van der Waals surface area contributed by atoms with E-state index < -0.39 is 29.4 Å². The van der Waals surface area contributed by atoms with Crippen molar-refractivity contribution >= 4 is 48.0 Å². The summed E-state index contributed by atoms with van der Waals surface area (Å²) in [6, 6.07) is 23.0. The number of sulfonamides is 1. The summed E-state index contributed by atoms with van der Waals surface area (Å²) in [6.45, 7) is 1.94. The topological polar surface area (TPSA) is 53.0 Å². The molecule has 0 heterocycles. The second kappa shape index (κ2) is 9.30. The molecule has 0 aliphatic carbocycles. The van der Waals surface area contributed by atoms with E-state index in [2.05, 4.69) is 2.59 Å². The maximum absolute atomic E-state index is 13.1. The first-order valence-electron chi connectivity index (χ1n) is 9.51. The van der Waals surface area contributed by atoms with Crippen molar-refractivity contribution in [3.8, 4) is 0 Å². The molecule has 0 spiro atoms. The van der Waals surface area contributed by atoms with E-state index in [9.17, 15) is 8.42 Å². The van der Waals surface area contributed by atoms with Gasteiger partial charge in [-0.1, -0.05) is 0 Å². The van der Waals surface area contributed by atoms with Crippen LogP contribution in [0.2, 0.25) is 0 Å². The Hall–Kier alpha value is -2.20. The van der Waals surface area contributed by atoms with Crippen LogP contribution in [0.15, 0.2) is 80.3 Å². The number of hydrogen-bond acceptors (Lipinski definition) is 4. The normalized spacial score (nSPS) is 11.4. The van der Waals surface area contributed by atoms with Crippen molar-refractivity contribution in [1.29, 1.82) is 0 Å². The quantitative estimate of drug-likeness (QED) is 0.455. The number of anilines is 2. The van der Waals surface area contributed by atoms with Crippen LogP contribution in [-0.4, -0.2) is 56.0 Å². The predicted octanol–water partition coefficient (Wildman–Crippen LogP) is 2.89. The molecule has 0 bridgehead atoms. The number of nitrogens with zero attached hydrogens (tertiary/aromatic N) is 3. The standard InChI is InChI=1S/C23H27N3O2STe/c1-18-6-12-21(13-7-18)29(27,28)24-30(22-14-8-19(9-15-22)25(2)3)23-16-10-20(11-17-23)26(4)5/h6-17H,1-5H3.